The average molecular weight is 441 g/mol. The van der Waals surface area contributed by atoms with Gasteiger partial charge in [0, 0.05) is 29.7 Å². The Balaban J connectivity index is 1.33. The molecule has 0 bridgehead atoms. The molecule has 166 valence electrons. The number of aromatic nitrogens is 4. The number of piperidine rings is 1. The molecule has 1 aliphatic heterocycles. The van der Waals surface area contributed by atoms with Gasteiger partial charge in [0.25, 0.3) is 0 Å². The fourth-order valence-electron chi connectivity index (χ4n) is 3.95. The maximum absolute atomic E-state index is 12.7. The van der Waals surface area contributed by atoms with E-state index in [-0.39, 0.29) is 6.61 Å². The molecule has 4 heterocycles. The van der Waals surface area contributed by atoms with E-state index in [9.17, 15) is 13.2 Å². The fraction of sp³-hybridized carbons (Fsp3) is 0.304. The van der Waals surface area contributed by atoms with Crippen LogP contribution in [0.2, 0.25) is 0 Å². The molecule has 0 aliphatic carbocycles. The van der Waals surface area contributed by atoms with Gasteiger partial charge < -0.3 is 10.2 Å². The van der Waals surface area contributed by atoms with E-state index in [1.54, 1.807) is 10.9 Å². The minimum Gasteiger partial charge on any atom is -0.409 e. The molecule has 0 radical (unpaired) electrons. The van der Waals surface area contributed by atoms with Gasteiger partial charge in [0.2, 0.25) is 0 Å². The summed E-state index contributed by atoms with van der Waals surface area (Å²) in [6, 6.07) is 9.19. The number of alkyl halides is 3. The zero-order valence-electron chi connectivity index (χ0n) is 17.2. The number of hydrogen-bond donors (Lipinski definition) is 1. The van der Waals surface area contributed by atoms with Crippen molar-refractivity contribution in [3.8, 4) is 11.1 Å². The van der Waals surface area contributed by atoms with E-state index in [1.165, 1.54) is 12.1 Å². The second-order valence-electron chi connectivity index (χ2n) is 7.93. The zero-order valence-corrected chi connectivity index (χ0v) is 17.2. The van der Waals surface area contributed by atoms with E-state index in [2.05, 4.69) is 21.6 Å². The first-order chi connectivity index (χ1) is 15.5. The number of rotatable bonds is 5. The van der Waals surface area contributed by atoms with Gasteiger partial charge in [0.05, 0.1) is 23.3 Å². The molecule has 0 atom stereocenters. The van der Waals surface area contributed by atoms with Gasteiger partial charge in [0.1, 0.15) is 12.1 Å². The minimum absolute atomic E-state index is 0.139. The second-order valence-corrected chi connectivity index (χ2v) is 7.93. The van der Waals surface area contributed by atoms with E-state index in [1.807, 2.05) is 29.2 Å². The number of nitrogens with zero attached hydrogens (tertiary/aromatic N) is 4. The maximum atomic E-state index is 12.7. The average Bonchev–Trinajstić information content (AvgIpc) is 3.45. The van der Waals surface area contributed by atoms with Gasteiger partial charge in [0.15, 0.2) is 0 Å². The van der Waals surface area contributed by atoms with Crippen LogP contribution in [-0.4, -0.2) is 32.6 Å². The molecule has 1 aromatic carbocycles. The highest BCUT2D eigenvalue weighted by Gasteiger charge is 2.29. The molecule has 0 spiro atoms. The summed E-state index contributed by atoms with van der Waals surface area (Å²) in [7, 11) is 0. The zero-order chi connectivity index (χ0) is 22.1. The summed E-state index contributed by atoms with van der Waals surface area (Å²) in [5.41, 5.74) is 3.43. The van der Waals surface area contributed by atoms with Gasteiger partial charge in [-0.3, -0.25) is 9.67 Å². The highest BCUT2D eigenvalue weighted by Crippen LogP contribution is 2.29. The van der Waals surface area contributed by atoms with Crippen LogP contribution in [0, 0.1) is 0 Å². The number of pyridine rings is 1. The standard InChI is InChI=1S/C23H22F3N5O/c24-23(25,26)19-3-1-16(2-4-19)15-32-31-10-7-21-22(31)11-17(12-28-21)18-13-29-30(14-18)20-5-8-27-9-6-20/h1-4,7,10-14,20,27H,5-6,8-9,15H2. The SMILES string of the molecule is FC(F)(F)c1ccc(COn2ccc3ncc(-c4cnn(C5CCNCC5)c4)cc32)cc1. The molecule has 1 aliphatic rings. The van der Waals surface area contributed by atoms with Crippen LogP contribution in [0.5, 0.6) is 0 Å². The van der Waals surface area contributed by atoms with Gasteiger partial charge >= 0.3 is 6.18 Å². The van der Waals surface area contributed by atoms with Crippen molar-refractivity contribution in [1.82, 2.24) is 24.8 Å². The summed E-state index contributed by atoms with van der Waals surface area (Å²) in [4.78, 5) is 10.4. The monoisotopic (exact) mass is 441 g/mol. The number of nitrogens with one attached hydrogen (secondary N) is 1. The smallest absolute Gasteiger partial charge is 0.409 e. The van der Waals surface area contributed by atoms with Crippen molar-refractivity contribution >= 4 is 11.0 Å². The third-order valence-electron chi connectivity index (χ3n) is 5.77. The van der Waals surface area contributed by atoms with Crippen molar-refractivity contribution in [2.24, 2.45) is 0 Å². The summed E-state index contributed by atoms with van der Waals surface area (Å²) in [5, 5.41) is 7.91. The summed E-state index contributed by atoms with van der Waals surface area (Å²) in [6.07, 6.45) is 5.23. The van der Waals surface area contributed by atoms with Crippen molar-refractivity contribution in [3.05, 3.63) is 72.3 Å². The molecule has 5 rings (SSSR count). The Morgan fingerprint density at radius 3 is 2.56 bits per heavy atom. The van der Waals surface area contributed by atoms with E-state index in [0.717, 1.165) is 60.2 Å². The lowest BCUT2D eigenvalue weighted by Gasteiger charge is -2.22. The number of benzene rings is 1. The van der Waals surface area contributed by atoms with Crippen molar-refractivity contribution in [2.75, 3.05) is 13.1 Å². The van der Waals surface area contributed by atoms with Crippen LogP contribution < -0.4 is 10.2 Å². The van der Waals surface area contributed by atoms with E-state index in [4.69, 9.17) is 4.84 Å². The van der Waals surface area contributed by atoms with Gasteiger partial charge in [-0.15, -0.1) is 0 Å². The van der Waals surface area contributed by atoms with Crippen LogP contribution in [0.15, 0.2) is 61.2 Å². The normalized spacial score (nSPS) is 15.3. The molecular weight excluding hydrogens is 419 g/mol. The fourth-order valence-corrected chi connectivity index (χ4v) is 3.95. The van der Waals surface area contributed by atoms with Gasteiger partial charge in [-0.25, -0.2) is 0 Å². The quantitative estimate of drug-likeness (QED) is 0.497. The van der Waals surface area contributed by atoms with Crippen LogP contribution >= 0.6 is 0 Å². The summed E-state index contributed by atoms with van der Waals surface area (Å²) in [5.74, 6) is 0. The van der Waals surface area contributed by atoms with Crippen LogP contribution in [0.25, 0.3) is 22.2 Å². The predicted octanol–water partition coefficient (Wildman–Crippen LogP) is 4.47. The van der Waals surface area contributed by atoms with Crippen LogP contribution in [0.1, 0.15) is 30.0 Å². The first-order valence-electron chi connectivity index (χ1n) is 10.5. The highest BCUT2D eigenvalue weighted by molar-refractivity contribution is 5.80. The third kappa shape index (κ3) is 4.20. The summed E-state index contributed by atoms with van der Waals surface area (Å²) in [6.45, 7) is 2.13. The molecule has 0 saturated carbocycles. The Kier molecular flexibility index (Phi) is 5.34. The number of fused-ring (bicyclic) bond motifs is 1. The Hall–Kier alpha value is -3.33. The van der Waals surface area contributed by atoms with E-state index in [0.29, 0.717) is 11.6 Å². The van der Waals surface area contributed by atoms with Crippen molar-refractivity contribution in [1.29, 1.82) is 0 Å². The van der Waals surface area contributed by atoms with E-state index >= 15 is 0 Å². The molecule has 6 nitrogen and oxygen atoms in total. The molecule has 4 aromatic rings. The largest absolute Gasteiger partial charge is 0.416 e. The molecule has 9 heteroatoms. The first kappa shape index (κ1) is 20.6. The lowest BCUT2D eigenvalue weighted by atomic mass is 10.1. The molecule has 32 heavy (non-hydrogen) atoms. The first-order valence-corrected chi connectivity index (χ1v) is 10.5. The van der Waals surface area contributed by atoms with Crippen molar-refractivity contribution < 1.29 is 18.0 Å². The Labute approximate surface area is 182 Å². The van der Waals surface area contributed by atoms with Crippen LogP contribution in [-0.2, 0) is 12.8 Å². The van der Waals surface area contributed by atoms with Crippen LogP contribution in [0.4, 0.5) is 13.2 Å². The topological polar surface area (TPSA) is 56.9 Å². The maximum Gasteiger partial charge on any atom is 0.416 e. The number of hydrogen-bond acceptors (Lipinski definition) is 4. The summed E-state index contributed by atoms with van der Waals surface area (Å²) >= 11 is 0. The van der Waals surface area contributed by atoms with Crippen molar-refractivity contribution in [2.45, 2.75) is 31.7 Å². The molecule has 1 N–H and O–H groups in total. The highest BCUT2D eigenvalue weighted by atomic mass is 19.4. The Morgan fingerprint density at radius 1 is 1.03 bits per heavy atom. The third-order valence-corrected chi connectivity index (χ3v) is 5.77. The van der Waals surface area contributed by atoms with E-state index < -0.39 is 11.7 Å². The van der Waals surface area contributed by atoms with Gasteiger partial charge in [-0.1, -0.05) is 12.1 Å². The number of halogens is 3. The lowest BCUT2D eigenvalue weighted by molar-refractivity contribution is -0.137. The molecule has 0 unspecified atom stereocenters. The predicted molar refractivity (Wildman–Crippen MR) is 114 cm³/mol. The van der Waals surface area contributed by atoms with Crippen LogP contribution in [0.3, 0.4) is 0 Å². The van der Waals surface area contributed by atoms with Gasteiger partial charge in [-0.2, -0.15) is 23.0 Å². The Bertz CT molecular complexity index is 1210. The minimum atomic E-state index is -4.35. The molecular formula is C23H22F3N5O. The van der Waals surface area contributed by atoms with Gasteiger partial charge in [-0.05, 0) is 55.8 Å². The second kappa shape index (κ2) is 8.31. The molecule has 3 aromatic heterocycles. The van der Waals surface area contributed by atoms with Crippen molar-refractivity contribution in [3.63, 3.8) is 0 Å². The molecule has 0 amide bonds. The molecule has 1 fully saturated rings. The molecule has 1 saturated heterocycles. The summed E-state index contributed by atoms with van der Waals surface area (Å²) < 4.78 is 41.8. The lowest BCUT2D eigenvalue weighted by Crippen LogP contribution is -2.29. The Morgan fingerprint density at radius 2 is 1.81 bits per heavy atom.